The quantitative estimate of drug-likeness (QED) is 0.445. The first kappa shape index (κ1) is 19.0. The largest absolute Gasteiger partial charge is 0.493 e. The van der Waals surface area contributed by atoms with Crippen molar-refractivity contribution in [3.8, 4) is 5.75 Å². The first-order chi connectivity index (χ1) is 14.6. The molecule has 0 radical (unpaired) electrons. The van der Waals surface area contributed by atoms with Crippen LogP contribution in [0.4, 0.5) is 0 Å². The highest BCUT2D eigenvalue weighted by atomic mass is 35.5. The molecule has 2 aromatic carbocycles. The van der Waals surface area contributed by atoms with Gasteiger partial charge in [-0.15, -0.1) is 0 Å². The Morgan fingerprint density at radius 3 is 2.83 bits per heavy atom. The van der Waals surface area contributed by atoms with Crippen LogP contribution >= 0.6 is 23.2 Å². The summed E-state index contributed by atoms with van der Waals surface area (Å²) in [6.07, 6.45) is 4.63. The molecule has 1 aliphatic rings. The van der Waals surface area contributed by atoms with Gasteiger partial charge in [0.2, 0.25) is 0 Å². The first-order valence-corrected chi connectivity index (χ1v) is 10.4. The number of amides is 1. The standard InChI is InChI=1S/C24H18Cl2N2O2/c25-17-5-6-20(26)19(14-17)23(16-4-7-22-15(13-16)9-12-30-22)27-24(29)18-8-11-28-10-2-1-3-21(18)28/h1-8,10-11,13-14,23H,9,12H2,(H,27,29). The minimum Gasteiger partial charge on any atom is -0.493 e. The van der Waals surface area contributed by atoms with E-state index in [2.05, 4.69) is 11.4 Å². The summed E-state index contributed by atoms with van der Waals surface area (Å²) in [5.41, 5.74) is 4.25. The number of pyridine rings is 1. The van der Waals surface area contributed by atoms with Crippen molar-refractivity contribution in [2.75, 3.05) is 6.61 Å². The van der Waals surface area contributed by atoms with Crippen LogP contribution in [0.3, 0.4) is 0 Å². The van der Waals surface area contributed by atoms with Gasteiger partial charge in [-0.05, 0) is 65.2 Å². The molecule has 1 amide bonds. The van der Waals surface area contributed by atoms with Crippen LogP contribution in [0.25, 0.3) is 5.52 Å². The van der Waals surface area contributed by atoms with E-state index in [-0.39, 0.29) is 5.91 Å². The van der Waals surface area contributed by atoms with Crippen molar-refractivity contribution in [2.24, 2.45) is 0 Å². The average Bonchev–Trinajstić information content (AvgIpc) is 3.40. The number of rotatable bonds is 4. The second-order valence-electron chi connectivity index (χ2n) is 7.26. The molecule has 1 aliphatic heterocycles. The van der Waals surface area contributed by atoms with Gasteiger partial charge in [0.25, 0.3) is 5.91 Å². The summed E-state index contributed by atoms with van der Waals surface area (Å²) in [7, 11) is 0. The smallest absolute Gasteiger partial charge is 0.254 e. The Kier molecular flexibility index (Phi) is 4.89. The molecular formula is C24H18Cl2N2O2. The number of aromatic nitrogens is 1. The molecule has 3 heterocycles. The molecule has 0 bridgehead atoms. The molecule has 0 fully saturated rings. The van der Waals surface area contributed by atoms with Gasteiger partial charge in [0, 0.05) is 28.9 Å². The summed E-state index contributed by atoms with van der Waals surface area (Å²) < 4.78 is 7.55. The zero-order chi connectivity index (χ0) is 20.7. The molecule has 150 valence electrons. The van der Waals surface area contributed by atoms with Gasteiger partial charge in [0.1, 0.15) is 5.75 Å². The summed E-state index contributed by atoms with van der Waals surface area (Å²) in [5.74, 6) is 0.709. The van der Waals surface area contributed by atoms with Crippen molar-refractivity contribution in [3.05, 3.63) is 105 Å². The normalized spacial score (nSPS) is 13.7. The van der Waals surface area contributed by atoms with Gasteiger partial charge in [0.15, 0.2) is 0 Å². The zero-order valence-electron chi connectivity index (χ0n) is 15.9. The summed E-state index contributed by atoms with van der Waals surface area (Å²) >= 11 is 12.8. The molecule has 1 atom stereocenters. The fourth-order valence-electron chi connectivity index (χ4n) is 3.92. The maximum absolute atomic E-state index is 13.3. The van der Waals surface area contributed by atoms with Gasteiger partial charge in [0.05, 0.1) is 23.7 Å². The summed E-state index contributed by atoms with van der Waals surface area (Å²) in [6, 6.07) is 18.4. The number of carbonyl (C=O) groups excluding carboxylic acids is 1. The van der Waals surface area contributed by atoms with E-state index >= 15 is 0 Å². The van der Waals surface area contributed by atoms with E-state index in [1.165, 1.54) is 0 Å². The molecular weight excluding hydrogens is 419 g/mol. The highest BCUT2D eigenvalue weighted by Crippen LogP contribution is 2.34. The van der Waals surface area contributed by atoms with Crippen LogP contribution in [0.2, 0.25) is 10.0 Å². The van der Waals surface area contributed by atoms with Crippen molar-refractivity contribution in [2.45, 2.75) is 12.5 Å². The minimum atomic E-state index is -0.451. The number of ether oxygens (including phenoxy) is 1. The van der Waals surface area contributed by atoms with Crippen LogP contribution in [0.1, 0.15) is 33.1 Å². The van der Waals surface area contributed by atoms with E-state index in [9.17, 15) is 4.79 Å². The average molecular weight is 437 g/mol. The minimum absolute atomic E-state index is 0.179. The lowest BCUT2D eigenvalue weighted by molar-refractivity contribution is 0.0944. The molecule has 0 saturated carbocycles. The Hall–Kier alpha value is -2.95. The van der Waals surface area contributed by atoms with Crippen LogP contribution in [0, 0.1) is 0 Å². The van der Waals surface area contributed by atoms with Crippen molar-refractivity contribution >= 4 is 34.6 Å². The van der Waals surface area contributed by atoms with E-state index in [1.807, 2.05) is 53.2 Å². The zero-order valence-corrected chi connectivity index (χ0v) is 17.5. The third-order valence-electron chi connectivity index (χ3n) is 5.40. The molecule has 5 rings (SSSR count). The molecule has 0 spiro atoms. The number of hydrogen-bond donors (Lipinski definition) is 1. The summed E-state index contributed by atoms with van der Waals surface area (Å²) in [6.45, 7) is 0.671. The molecule has 1 unspecified atom stereocenters. The number of benzene rings is 2. The fraction of sp³-hybridized carbons (Fsp3) is 0.125. The Labute approximate surface area is 184 Å². The lowest BCUT2D eigenvalue weighted by Gasteiger charge is -2.22. The highest BCUT2D eigenvalue weighted by Gasteiger charge is 2.24. The Bertz CT molecular complexity index is 1270. The number of nitrogens with zero attached hydrogens (tertiary/aromatic N) is 1. The molecule has 0 aliphatic carbocycles. The first-order valence-electron chi connectivity index (χ1n) is 9.67. The fourth-order valence-corrected chi connectivity index (χ4v) is 4.33. The van der Waals surface area contributed by atoms with Gasteiger partial charge in [-0.2, -0.15) is 0 Å². The molecule has 30 heavy (non-hydrogen) atoms. The SMILES string of the molecule is O=C(NC(c1ccc2c(c1)CCO2)c1cc(Cl)ccc1Cl)c1ccn2ccccc12. The van der Waals surface area contributed by atoms with Crippen LogP contribution < -0.4 is 10.1 Å². The van der Waals surface area contributed by atoms with E-state index in [0.717, 1.165) is 34.4 Å². The third-order valence-corrected chi connectivity index (χ3v) is 5.98. The van der Waals surface area contributed by atoms with Crippen molar-refractivity contribution in [1.82, 2.24) is 9.72 Å². The second-order valence-corrected chi connectivity index (χ2v) is 8.10. The monoisotopic (exact) mass is 436 g/mol. The Morgan fingerprint density at radius 2 is 1.93 bits per heavy atom. The van der Waals surface area contributed by atoms with Crippen molar-refractivity contribution < 1.29 is 9.53 Å². The molecule has 6 heteroatoms. The van der Waals surface area contributed by atoms with Crippen LogP contribution in [-0.2, 0) is 6.42 Å². The van der Waals surface area contributed by atoms with Gasteiger partial charge in [-0.3, -0.25) is 4.79 Å². The number of hydrogen-bond acceptors (Lipinski definition) is 2. The Morgan fingerprint density at radius 1 is 1.03 bits per heavy atom. The van der Waals surface area contributed by atoms with E-state index < -0.39 is 6.04 Å². The molecule has 2 aromatic heterocycles. The maximum atomic E-state index is 13.3. The van der Waals surface area contributed by atoms with Gasteiger partial charge in [-0.25, -0.2) is 0 Å². The van der Waals surface area contributed by atoms with Crippen LogP contribution in [0.15, 0.2) is 73.1 Å². The number of fused-ring (bicyclic) bond motifs is 2. The second kappa shape index (κ2) is 7.71. The molecule has 4 nitrogen and oxygen atoms in total. The lowest BCUT2D eigenvalue weighted by atomic mass is 9.96. The topological polar surface area (TPSA) is 42.7 Å². The van der Waals surface area contributed by atoms with Crippen LogP contribution in [-0.4, -0.2) is 16.9 Å². The molecule has 0 saturated heterocycles. The molecule has 4 aromatic rings. The Balaban J connectivity index is 1.57. The third kappa shape index (κ3) is 3.42. The van der Waals surface area contributed by atoms with Gasteiger partial charge in [-0.1, -0.05) is 35.3 Å². The number of carbonyl (C=O) groups is 1. The van der Waals surface area contributed by atoms with Crippen molar-refractivity contribution in [3.63, 3.8) is 0 Å². The maximum Gasteiger partial charge on any atom is 0.254 e. The molecule has 1 N–H and O–H groups in total. The highest BCUT2D eigenvalue weighted by molar-refractivity contribution is 6.33. The van der Waals surface area contributed by atoms with Crippen LogP contribution in [0.5, 0.6) is 5.75 Å². The predicted octanol–water partition coefficient (Wildman–Crippen LogP) is 5.70. The summed E-state index contributed by atoms with van der Waals surface area (Å²) in [5, 5.41) is 4.27. The van der Waals surface area contributed by atoms with E-state index in [0.29, 0.717) is 22.2 Å². The predicted molar refractivity (Wildman–Crippen MR) is 119 cm³/mol. The van der Waals surface area contributed by atoms with Gasteiger partial charge >= 0.3 is 0 Å². The number of nitrogens with one attached hydrogen (secondary N) is 1. The number of halogens is 2. The lowest BCUT2D eigenvalue weighted by Crippen LogP contribution is -2.29. The van der Waals surface area contributed by atoms with Crippen molar-refractivity contribution in [1.29, 1.82) is 0 Å². The van der Waals surface area contributed by atoms with E-state index in [1.54, 1.807) is 18.2 Å². The summed E-state index contributed by atoms with van der Waals surface area (Å²) in [4.78, 5) is 13.3. The van der Waals surface area contributed by atoms with Gasteiger partial charge < -0.3 is 14.5 Å². The van der Waals surface area contributed by atoms with E-state index in [4.69, 9.17) is 27.9 Å².